The zero-order valence-corrected chi connectivity index (χ0v) is 7.73. The van der Waals surface area contributed by atoms with Crippen molar-refractivity contribution < 1.29 is 9.90 Å². The number of pyridine rings is 1. The van der Waals surface area contributed by atoms with E-state index in [1.54, 1.807) is 24.4 Å². The molecule has 2 N–H and O–H groups in total. The molecule has 1 fully saturated rings. The number of carbonyl (C=O) groups excluding carboxylic acids is 1. The average molecular weight is 192 g/mol. The van der Waals surface area contributed by atoms with Crippen LogP contribution >= 0.6 is 0 Å². The van der Waals surface area contributed by atoms with E-state index in [1.807, 2.05) is 0 Å². The van der Waals surface area contributed by atoms with E-state index in [0.29, 0.717) is 5.82 Å². The molecule has 1 aromatic rings. The van der Waals surface area contributed by atoms with Crippen LogP contribution in [0.25, 0.3) is 0 Å². The molecule has 0 saturated heterocycles. The fraction of sp³-hybridized carbons (Fsp3) is 0.400. The lowest BCUT2D eigenvalue weighted by atomic mass is 10.1. The molecule has 0 radical (unpaired) electrons. The lowest BCUT2D eigenvalue weighted by molar-refractivity contribution is -0.122. The van der Waals surface area contributed by atoms with Crippen LogP contribution in [0.15, 0.2) is 24.4 Å². The fourth-order valence-electron chi connectivity index (χ4n) is 1.29. The second-order valence-electron chi connectivity index (χ2n) is 3.61. The number of nitrogens with one attached hydrogen (secondary N) is 1. The van der Waals surface area contributed by atoms with E-state index in [-0.39, 0.29) is 12.5 Å². The van der Waals surface area contributed by atoms with Crippen LogP contribution in [0.5, 0.6) is 0 Å². The number of rotatable bonds is 3. The van der Waals surface area contributed by atoms with Gasteiger partial charge >= 0.3 is 0 Å². The van der Waals surface area contributed by atoms with Gasteiger partial charge in [-0.15, -0.1) is 0 Å². The number of aliphatic hydroxyl groups excluding tert-OH is 1. The molecule has 1 amide bonds. The van der Waals surface area contributed by atoms with Gasteiger partial charge in [0.05, 0.1) is 12.0 Å². The first-order chi connectivity index (χ1) is 6.77. The Bertz CT molecular complexity index is 333. The molecule has 2 rings (SSSR count). The highest BCUT2D eigenvalue weighted by atomic mass is 16.3. The maximum absolute atomic E-state index is 11.6. The van der Waals surface area contributed by atoms with Gasteiger partial charge in [-0.05, 0) is 25.0 Å². The van der Waals surface area contributed by atoms with Crippen LogP contribution in [0, 0.1) is 5.41 Å². The Kier molecular flexibility index (Phi) is 2.21. The summed E-state index contributed by atoms with van der Waals surface area (Å²) in [5.74, 6) is 0.413. The third-order valence-electron chi connectivity index (χ3n) is 2.54. The smallest absolute Gasteiger partial charge is 0.234 e. The third-order valence-corrected chi connectivity index (χ3v) is 2.54. The van der Waals surface area contributed by atoms with Crippen molar-refractivity contribution in [2.45, 2.75) is 12.8 Å². The molecular weight excluding hydrogens is 180 g/mol. The molecule has 4 nitrogen and oxygen atoms in total. The second kappa shape index (κ2) is 3.38. The molecule has 0 bridgehead atoms. The lowest BCUT2D eigenvalue weighted by Gasteiger charge is -2.10. The van der Waals surface area contributed by atoms with Gasteiger partial charge in [-0.3, -0.25) is 4.79 Å². The van der Waals surface area contributed by atoms with Crippen LogP contribution in [0.1, 0.15) is 12.8 Å². The summed E-state index contributed by atoms with van der Waals surface area (Å²) in [5, 5.41) is 11.7. The van der Waals surface area contributed by atoms with Gasteiger partial charge < -0.3 is 10.4 Å². The highest BCUT2D eigenvalue weighted by molar-refractivity contribution is 5.96. The van der Waals surface area contributed by atoms with E-state index in [9.17, 15) is 4.79 Å². The number of nitrogens with zero attached hydrogens (tertiary/aromatic N) is 1. The number of hydrogen-bond acceptors (Lipinski definition) is 3. The van der Waals surface area contributed by atoms with Gasteiger partial charge in [0.15, 0.2) is 0 Å². The number of carbonyl (C=O) groups is 1. The summed E-state index contributed by atoms with van der Waals surface area (Å²) in [5.41, 5.74) is -0.530. The Morgan fingerprint density at radius 3 is 2.86 bits per heavy atom. The van der Waals surface area contributed by atoms with Crippen molar-refractivity contribution in [1.82, 2.24) is 4.98 Å². The Balaban J connectivity index is 2.02. The molecular formula is C10H12N2O2. The number of hydrogen-bond donors (Lipinski definition) is 2. The Morgan fingerprint density at radius 2 is 2.36 bits per heavy atom. The minimum atomic E-state index is -0.530. The number of aromatic nitrogens is 1. The molecule has 1 heterocycles. The van der Waals surface area contributed by atoms with Crippen LogP contribution < -0.4 is 5.32 Å². The minimum Gasteiger partial charge on any atom is -0.395 e. The van der Waals surface area contributed by atoms with Gasteiger partial charge in [0.25, 0.3) is 0 Å². The van der Waals surface area contributed by atoms with Crippen molar-refractivity contribution >= 4 is 11.7 Å². The van der Waals surface area contributed by atoms with E-state index in [0.717, 1.165) is 12.8 Å². The van der Waals surface area contributed by atoms with Gasteiger partial charge in [-0.2, -0.15) is 0 Å². The Hall–Kier alpha value is -1.42. The van der Waals surface area contributed by atoms with Crippen molar-refractivity contribution in [2.24, 2.45) is 5.41 Å². The molecule has 1 aliphatic carbocycles. The summed E-state index contributed by atoms with van der Waals surface area (Å²) in [4.78, 5) is 15.6. The average Bonchev–Trinajstić information content (AvgIpc) is 3.00. The maximum Gasteiger partial charge on any atom is 0.234 e. The van der Waals surface area contributed by atoms with Crippen molar-refractivity contribution in [3.05, 3.63) is 24.4 Å². The number of anilines is 1. The summed E-state index contributed by atoms with van der Waals surface area (Å²) >= 11 is 0. The molecule has 0 aromatic carbocycles. The first-order valence-corrected chi connectivity index (χ1v) is 4.60. The summed E-state index contributed by atoms with van der Waals surface area (Å²) in [6.45, 7) is -0.0777. The Morgan fingerprint density at radius 1 is 1.57 bits per heavy atom. The Labute approximate surface area is 82.0 Å². The largest absolute Gasteiger partial charge is 0.395 e. The molecule has 74 valence electrons. The zero-order chi connectivity index (χ0) is 10.0. The molecule has 4 heteroatoms. The van der Waals surface area contributed by atoms with Gasteiger partial charge in [0, 0.05) is 6.20 Å². The van der Waals surface area contributed by atoms with E-state index in [2.05, 4.69) is 10.3 Å². The number of aliphatic hydroxyl groups is 1. The third kappa shape index (κ3) is 1.61. The predicted molar refractivity (Wildman–Crippen MR) is 51.6 cm³/mol. The normalized spacial score (nSPS) is 17.5. The molecule has 0 atom stereocenters. The summed E-state index contributed by atoms with van der Waals surface area (Å²) in [6.07, 6.45) is 3.15. The fourth-order valence-corrected chi connectivity index (χ4v) is 1.29. The van der Waals surface area contributed by atoms with Gasteiger partial charge in [-0.1, -0.05) is 6.07 Å². The predicted octanol–water partition coefficient (Wildman–Crippen LogP) is 0.793. The van der Waals surface area contributed by atoms with Crippen molar-refractivity contribution in [3.63, 3.8) is 0 Å². The minimum absolute atomic E-state index is 0.0777. The molecule has 1 saturated carbocycles. The van der Waals surface area contributed by atoms with E-state index in [4.69, 9.17) is 5.11 Å². The topological polar surface area (TPSA) is 62.2 Å². The molecule has 0 unspecified atom stereocenters. The summed E-state index contributed by atoms with van der Waals surface area (Å²) in [6, 6.07) is 5.32. The van der Waals surface area contributed by atoms with Crippen molar-refractivity contribution in [3.8, 4) is 0 Å². The van der Waals surface area contributed by atoms with Crippen LogP contribution in [0.3, 0.4) is 0 Å². The molecule has 0 aliphatic heterocycles. The van der Waals surface area contributed by atoms with E-state index in [1.165, 1.54) is 0 Å². The SMILES string of the molecule is O=C(Nc1ccccn1)C1(CO)CC1. The highest BCUT2D eigenvalue weighted by Crippen LogP contribution is 2.45. The molecule has 0 spiro atoms. The summed E-state index contributed by atoms with van der Waals surface area (Å²) < 4.78 is 0. The number of amides is 1. The van der Waals surface area contributed by atoms with Gasteiger partial charge in [0.2, 0.25) is 5.91 Å². The highest BCUT2D eigenvalue weighted by Gasteiger charge is 2.49. The molecule has 1 aliphatic rings. The molecule has 1 aromatic heterocycles. The van der Waals surface area contributed by atoms with Gasteiger partial charge in [0.1, 0.15) is 5.82 Å². The summed E-state index contributed by atoms with van der Waals surface area (Å²) in [7, 11) is 0. The van der Waals surface area contributed by atoms with Crippen LogP contribution in [-0.4, -0.2) is 22.6 Å². The van der Waals surface area contributed by atoms with Crippen LogP contribution in [0.4, 0.5) is 5.82 Å². The zero-order valence-electron chi connectivity index (χ0n) is 7.73. The monoisotopic (exact) mass is 192 g/mol. The standard InChI is InChI=1S/C10H12N2O2/c13-7-10(4-5-10)9(14)12-8-3-1-2-6-11-8/h1-3,6,13H,4-5,7H2,(H,11,12,14). The van der Waals surface area contributed by atoms with Gasteiger partial charge in [-0.25, -0.2) is 4.98 Å². The maximum atomic E-state index is 11.6. The van der Waals surface area contributed by atoms with Crippen LogP contribution in [-0.2, 0) is 4.79 Å². The first-order valence-electron chi connectivity index (χ1n) is 4.60. The lowest BCUT2D eigenvalue weighted by Crippen LogP contribution is -2.27. The van der Waals surface area contributed by atoms with E-state index >= 15 is 0 Å². The second-order valence-corrected chi connectivity index (χ2v) is 3.61. The molecule has 14 heavy (non-hydrogen) atoms. The first kappa shape index (κ1) is 9.15. The quantitative estimate of drug-likeness (QED) is 0.744. The van der Waals surface area contributed by atoms with E-state index < -0.39 is 5.41 Å². The van der Waals surface area contributed by atoms with Crippen LogP contribution in [0.2, 0.25) is 0 Å². The van der Waals surface area contributed by atoms with Crippen molar-refractivity contribution in [1.29, 1.82) is 0 Å². The van der Waals surface area contributed by atoms with Crippen molar-refractivity contribution in [2.75, 3.05) is 11.9 Å².